The first-order valence-electron chi connectivity index (χ1n) is 5.59. The summed E-state index contributed by atoms with van der Waals surface area (Å²) in [6.45, 7) is 4.07. The highest BCUT2D eigenvalue weighted by Crippen LogP contribution is 2.13. The monoisotopic (exact) mass is 239 g/mol. The van der Waals surface area contributed by atoms with E-state index in [2.05, 4.69) is 0 Å². The van der Waals surface area contributed by atoms with Crippen molar-refractivity contribution in [2.75, 3.05) is 7.05 Å². The summed E-state index contributed by atoms with van der Waals surface area (Å²) in [5.41, 5.74) is 0.844. The molecule has 0 aliphatic carbocycles. The molecule has 94 valence electrons. The number of carboxylic acid groups (broad SMARTS) is 1. The summed E-state index contributed by atoms with van der Waals surface area (Å²) in [6.07, 6.45) is 0. The molecular formula is C13H18FNO2. The van der Waals surface area contributed by atoms with Crippen LogP contribution in [0.3, 0.4) is 0 Å². The molecule has 0 aromatic heterocycles. The third kappa shape index (κ3) is 3.82. The van der Waals surface area contributed by atoms with Gasteiger partial charge < -0.3 is 5.11 Å². The fraction of sp³-hybridized carbons (Fsp3) is 0.462. The standard InChI is InChI=1S/C13H18FNO2/c1-9(13(16)17)10(2)15(3)8-11-5-4-6-12(14)7-11/h4-7,9-10H,8H2,1-3H3,(H,16,17). The molecule has 0 radical (unpaired) electrons. The number of hydrogen-bond acceptors (Lipinski definition) is 2. The van der Waals surface area contributed by atoms with E-state index in [1.165, 1.54) is 12.1 Å². The van der Waals surface area contributed by atoms with E-state index in [9.17, 15) is 9.18 Å². The van der Waals surface area contributed by atoms with Crippen molar-refractivity contribution in [3.63, 3.8) is 0 Å². The topological polar surface area (TPSA) is 40.5 Å². The van der Waals surface area contributed by atoms with Gasteiger partial charge in [0.1, 0.15) is 5.82 Å². The molecule has 0 saturated carbocycles. The maximum atomic E-state index is 13.0. The SMILES string of the molecule is CC(C(=O)O)C(C)N(C)Cc1cccc(F)c1. The predicted molar refractivity (Wildman–Crippen MR) is 64.1 cm³/mol. The average Bonchev–Trinajstić information content (AvgIpc) is 2.26. The Kier molecular flexibility index (Phi) is 4.63. The van der Waals surface area contributed by atoms with Crippen LogP contribution >= 0.6 is 0 Å². The fourth-order valence-electron chi connectivity index (χ4n) is 1.66. The zero-order valence-corrected chi connectivity index (χ0v) is 10.4. The van der Waals surface area contributed by atoms with Crippen LogP contribution < -0.4 is 0 Å². The van der Waals surface area contributed by atoms with Gasteiger partial charge in [0.2, 0.25) is 0 Å². The second kappa shape index (κ2) is 5.77. The van der Waals surface area contributed by atoms with E-state index >= 15 is 0 Å². The van der Waals surface area contributed by atoms with E-state index < -0.39 is 11.9 Å². The number of carbonyl (C=O) groups is 1. The summed E-state index contributed by atoms with van der Waals surface area (Å²) in [6, 6.07) is 6.25. The van der Waals surface area contributed by atoms with E-state index in [4.69, 9.17) is 5.11 Å². The van der Waals surface area contributed by atoms with Gasteiger partial charge in [0.15, 0.2) is 0 Å². The minimum absolute atomic E-state index is 0.101. The molecule has 0 aliphatic heterocycles. The summed E-state index contributed by atoms with van der Waals surface area (Å²) >= 11 is 0. The molecule has 0 saturated heterocycles. The van der Waals surface area contributed by atoms with Crippen molar-refractivity contribution in [3.05, 3.63) is 35.6 Å². The molecule has 0 bridgehead atoms. The quantitative estimate of drug-likeness (QED) is 0.857. The number of nitrogens with zero attached hydrogens (tertiary/aromatic N) is 1. The van der Waals surface area contributed by atoms with Crippen molar-refractivity contribution in [3.8, 4) is 0 Å². The Morgan fingerprint density at radius 1 is 1.47 bits per heavy atom. The minimum Gasteiger partial charge on any atom is -0.481 e. The summed E-state index contributed by atoms with van der Waals surface area (Å²) in [7, 11) is 1.84. The molecule has 3 nitrogen and oxygen atoms in total. The smallest absolute Gasteiger partial charge is 0.307 e. The van der Waals surface area contributed by atoms with Crippen LogP contribution in [0.1, 0.15) is 19.4 Å². The Labute approximate surface area is 101 Å². The van der Waals surface area contributed by atoms with E-state index in [0.29, 0.717) is 6.54 Å². The van der Waals surface area contributed by atoms with Crippen molar-refractivity contribution in [2.45, 2.75) is 26.4 Å². The molecule has 2 atom stereocenters. The Bertz CT molecular complexity index is 395. The van der Waals surface area contributed by atoms with Crippen molar-refractivity contribution >= 4 is 5.97 Å². The second-order valence-electron chi connectivity index (χ2n) is 4.41. The van der Waals surface area contributed by atoms with E-state index in [1.807, 2.05) is 24.9 Å². The molecular weight excluding hydrogens is 221 g/mol. The summed E-state index contributed by atoms with van der Waals surface area (Å²) in [5, 5.41) is 8.92. The van der Waals surface area contributed by atoms with Crippen molar-refractivity contribution in [2.24, 2.45) is 5.92 Å². The molecule has 0 aliphatic rings. The highest BCUT2D eigenvalue weighted by molar-refractivity contribution is 5.70. The third-order valence-electron chi connectivity index (χ3n) is 3.13. The maximum absolute atomic E-state index is 13.0. The Morgan fingerprint density at radius 2 is 2.12 bits per heavy atom. The van der Waals surface area contributed by atoms with Gasteiger partial charge in [-0.1, -0.05) is 19.1 Å². The van der Waals surface area contributed by atoms with Gasteiger partial charge in [0, 0.05) is 12.6 Å². The zero-order chi connectivity index (χ0) is 13.0. The van der Waals surface area contributed by atoms with Gasteiger partial charge in [-0.05, 0) is 31.7 Å². The fourth-order valence-corrected chi connectivity index (χ4v) is 1.66. The molecule has 17 heavy (non-hydrogen) atoms. The van der Waals surface area contributed by atoms with Crippen LogP contribution in [0.15, 0.2) is 24.3 Å². The highest BCUT2D eigenvalue weighted by atomic mass is 19.1. The Balaban J connectivity index is 2.66. The van der Waals surface area contributed by atoms with Gasteiger partial charge in [-0.2, -0.15) is 0 Å². The number of halogens is 1. The van der Waals surface area contributed by atoms with Crippen LogP contribution in [-0.2, 0) is 11.3 Å². The van der Waals surface area contributed by atoms with E-state index in [0.717, 1.165) is 5.56 Å². The minimum atomic E-state index is -0.816. The number of carboxylic acids is 1. The highest BCUT2D eigenvalue weighted by Gasteiger charge is 2.22. The van der Waals surface area contributed by atoms with E-state index in [-0.39, 0.29) is 11.9 Å². The molecule has 1 aromatic rings. The largest absolute Gasteiger partial charge is 0.481 e. The van der Waals surface area contributed by atoms with Crippen molar-refractivity contribution < 1.29 is 14.3 Å². The Morgan fingerprint density at radius 3 is 2.65 bits per heavy atom. The number of aliphatic carboxylic acids is 1. The van der Waals surface area contributed by atoms with Crippen molar-refractivity contribution in [1.29, 1.82) is 0 Å². The van der Waals surface area contributed by atoms with Gasteiger partial charge in [-0.15, -0.1) is 0 Å². The lowest BCUT2D eigenvalue weighted by Crippen LogP contribution is -2.37. The van der Waals surface area contributed by atoms with E-state index in [1.54, 1.807) is 13.0 Å². The molecule has 1 aromatic carbocycles. The molecule has 2 unspecified atom stereocenters. The molecule has 1 N–H and O–H groups in total. The van der Waals surface area contributed by atoms with Gasteiger partial charge in [-0.3, -0.25) is 9.69 Å². The van der Waals surface area contributed by atoms with Gasteiger partial charge >= 0.3 is 5.97 Å². The molecule has 0 heterocycles. The maximum Gasteiger partial charge on any atom is 0.307 e. The van der Waals surface area contributed by atoms with Gasteiger partial charge in [0.05, 0.1) is 5.92 Å². The average molecular weight is 239 g/mol. The lowest BCUT2D eigenvalue weighted by molar-refractivity contribution is -0.143. The lowest BCUT2D eigenvalue weighted by atomic mass is 10.0. The zero-order valence-electron chi connectivity index (χ0n) is 10.4. The normalized spacial score (nSPS) is 14.6. The molecule has 0 spiro atoms. The summed E-state index contributed by atoms with van der Waals surface area (Å²) in [4.78, 5) is 12.8. The predicted octanol–water partition coefficient (Wildman–Crippen LogP) is 2.37. The number of benzene rings is 1. The first kappa shape index (κ1) is 13.6. The first-order chi connectivity index (χ1) is 7.91. The van der Waals surface area contributed by atoms with Gasteiger partial charge in [-0.25, -0.2) is 4.39 Å². The summed E-state index contributed by atoms with van der Waals surface area (Å²) in [5.74, 6) is -1.54. The Hall–Kier alpha value is -1.42. The lowest BCUT2D eigenvalue weighted by Gasteiger charge is -2.27. The van der Waals surface area contributed by atoms with Crippen LogP contribution in [0.2, 0.25) is 0 Å². The molecule has 1 rings (SSSR count). The summed E-state index contributed by atoms with van der Waals surface area (Å²) < 4.78 is 13.0. The van der Waals surface area contributed by atoms with Crippen molar-refractivity contribution in [1.82, 2.24) is 4.90 Å². The van der Waals surface area contributed by atoms with Crippen LogP contribution in [0.4, 0.5) is 4.39 Å². The number of rotatable bonds is 5. The second-order valence-corrected chi connectivity index (χ2v) is 4.41. The number of hydrogen-bond donors (Lipinski definition) is 1. The van der Waals surface area contributed by atoms with Crippen LogP contribution in [0.5, 0.6) is 0 Å². The molecule has 0 amide bonds. The molecule has 0 fully saturated rings. The van der Waals surface area contributed by atoms with Crippen LogP contribution in [-0.4, -0.2) is 29.1 Å². The molecule has 4 heteroatoms. The third-order valence-corrected chi connectivity index (χ3v) is 3.13. The van der Waals surface area contributed by atoms with Gasteiger partial charge in [0.25, 0.3) is 0 Å². The van der Waals surface area contributed by atoms with Crippen LogP contribution in [0, 0.1) is 11.7 Å². The van der Waals surface area contributed by atoms with Crippen LogP contribution in [0.25, 0.3) is 0 Å². The first-order valence-corrected chi connectivity index (χ1v) is 5.59.